The molecule has 1 aliphatic heterocycles. The molecule has 1 fully saturated rings. The van der Waals surface area contributed by atoms with Crippen molar-refractivity contribution in [2.75, 3.05) is 52.4 Å². The number of pyridine rings is 2. The largest absolute Gasteiger partial charge is 0.352 e. The molecule has 52 heavy (non-hydrogen) atoms. The van der Waals surface area contributed by atoms with E-state index in [1.54, 1.807) is 0 Å². The van der Waals surface area contributed by atoms with Gasteiger partial charge in [-0.2, -0.15) is 0 Å². The first-order chi connectivity index (χ1) is 25.4. The Morgan fingerprint density at radius 3 is 1.35 bits per heavy atom. The molecule has 4 aromatic carbocycles. The Bertz CT molecular complexity index is 2030. The summed E-state index contributed by atoms with van der Waals surface area (Å²) in [5, 5.41) is 9.26. The number of halogens is 2. The molecule has 0 radical (unpaired) electrons. The van der Waals surface area contributed by atoms with Crippen LogP contribution in [-0.4, -0.2) is 83.9 Å². The lowest BCUT2D eigenvalue weighted by Gasteiger charge is -2.34. The fourth-order valence-corrected chi connectivity index (χ4v) is 6.95. The molecular formula is C42H40Cl2N6O2. The van der Waals surface area contributed by atoms with Gasteiger partial charge in [-0.15, -0.1) is 0 Å². The van der Waals surface area contributed by atoms with Crippen molar-refractivity contribution < 1.29 is 9.59 Å². The highest BCUT2D eigenvalue weighted by atomic mass is 35.5. The number of hydrogen-bond acceptors (Lipinski definition) is 6. The standard InChI is InChI=1S/C42H40Cl2N6O2/c43-31-15-11-29(12-16-31)39-27-35(33-7-1-3-9-37(33)47-39)41(51)45-19-5-21-49-23-25-50(26-24-49)22-6-20-46-42(52)36-28-40(30-13-17-32(44)18-14-30)48-38-10-4-2-8-34(36)38/h1-4,7-18,27-28H,5-6,19-26H2,(H,45,51)(H,46,52). The van der Waals surface area contributed by atoms with Crippen LogP contribution in [-0.2, 0) is 0 Å². The third-order valence-corrected chi connectivity index (χ3v) is 10.0. The maximum absolute atomic E-state index is 13.4. The number of piperazine rings is 1. The van der Waals surface area contributed by atoms with Crippen LogP contribution in [0.25, 0.3) is 44.3 Å². The van der Waals surface area contributed by atoms with Crippen molar-refractivity contribution >= 4 is 56.8 Å². The van der Waals surface area contributed by atoms with Crippen LogP contribution in [0.2, 0.25) is 10.0 Å². The van der Waals surface area contributed by atoms with E-state index >= 15 is 0 Å². The van der Waals surface area contributed by atoms with Gasteiger partial charge in [-0.25, -0.2) is 9.97 Å². The monoisotopic (exact) mass is 730 g/mol. The number of amides is 2. The average Bonchev–Trinajstić information content (AvgIpc) is 3.18. The Balaban J connectivity index is 0.847. The minimum absolute atomic E-state index is 0.0927. The summed E-state index contributed by atoms with van der Waals surface area (Å²) in [5.41, 5.74) is 6.12. The topological polar surface area (TPSA) is 90.5 Å². The number of nitrogens with one attached hydrogen (secondary N) is 2. The van der Waals surface area contributed by atoms with E-state index in [1.165, 1.54) is 0 Å². The van der Waals surface area contributed by atoms with Gasteiger partial charge in [0.2, 0.25) is 0 Å². The smallest absolute Gasteiger partial charge is 0.252 e. The van der Waals surface area contributed by atoms with Gasteiger partial charge >= 0.3 is 0 Å². The normalized spacial score (nSPS) is 13.7. The molecule has 0 atom stereocenters. The van der Waals surface area contributed by atoms with Crippen LogP contribution in [0.3, 0.4) is 0 Å². The Labute approximate surface area is 313 Å². The Morgan fingerprint density at radius 1 is 0.558 bits per heavy atom. The Hall–Kier alpha value is -4.86. The van der Waals surface area contributed by atoms with Crippen LogP contribution in [0.5, 0.6) is 0 Å². The van der Waals surface area contributed by atoms with Crippen LogP contribution in [0, 0.1) is 0 Å². The molecule has 7 rings (SSSR count). The van der Waals surface area contributed by atoms with Gasteiger partial charge in [0, 0.05) is 71.2 Å². The quantitative estimate of drug-likeness (QED) is 0.124. The molecule has 0 saturated carbocycles. The predicted octanol–water partition coefficient (Wildman–Crippen LogP) is 7.98. The van der Waals surface area contributed by atoms with Crippen molar-refractivity contribution in [3.05, 3.63) is 130 Å². The minimum atomic E-state index is -0.0927. The second kappa shape index (κ2) is 16.7. The molecule has 264 valence electrons. The van der Waals surface area contributed by atoms with Crippen LogP contribution < -0.4 is 10.6 Å². The van der Waals surface area contributed by atoms with E-state index < -0.39 is 0 Å². The minimum Gasteiger partial charge on any atom is -0.352 e. The van der Waals surface area contributed by atoms with E-state index in [9.17, 15) is 9.59 Å². The van der Waals surface area contributed by atoms with Gasteiger partial charge in [0.1, 0.15) is 0 Å². The number of carbonyl (C=O) groups excluding carboxylic acids is 2. The van der Waals surface area contributed by atoms with Crippen LogP contribution in [0.4, 0.5) is 0 Å². The molecule has 2 aromatic heterocycles. The summed E-state index contributed by atoms with van der Waals surface area (Å²) in [6, 6.07) is 34.2. The van der Waals surface area contributed by atoms with Crippen LogP contribution >= 0.6 is 23.2 Å². The first-order valence-electron chi connectivity index (χ1n) is 17.7. The molecule has 0 aliphatic carbocycles. The van der Waals surface area contributed by atoms with Crippen LogP contribution in [0.1, 0.15) is 33.6 Å². The highest BCUT2D eigenvalue weighted by Gasteiger charge is 2.18. The Morgan fingerprint density at radius 2 is 0.942 bits per heavy atom. The maximum atomic E-state index is 13.4. The molecule has 8 nitrogen and oxygen atoms in total. The fraction of sp³-hybridized carbons (Fsp3) is 0.238. The predicted molar refractivity (Wildman–Crippen MR) is 211 cm³/mol. The summed E-state index contributed by atoms with van der Waals surface area (Å²) < 4.78 is 0. The molecule has 6 aromatic rings. The lowest BCUT2D eigenvalue weighted by Crippen LogP contribution is -2.47. The first kappa shape index (κ1) is 35.5. The molecule has 0 unspecified atom stereocenters. The van der Waals surface area contributed by atoms with Crippen molar-refractivity contribution in [3.8, 4) is 22.5 Å². The molecule has 2 amide bonds. The number of fused-ring (bicyclic) bond motifs is 2. The molecule has 10 heteroatoms. The summed E-state index contributed by atoms with van der Waals surface area (Å²) >= 11 is 12.2. The van der Waals surface area contributed by atoms with Crippen LogP contribution in [0.15, 0.2) is 109 Å². The number of hydrogen-bond donors (Lipinski definition) is 2. The molecule has 3 heterocycles. The average molecular weight is 732 g/mol. The summed E-state index contributed by atoms with van der Waals surface area (Å²) in [7, 11) is 0. The summed E-state index contributed by atoms with van der Waals surface area (Å²) in [6.07, 6.45) is 1.74. The van der Waals surface area contributed by atoms with Gasteiger partial charge in [0.15, 0.2) is 0 Å². The van der Waals surface area contributed by atoms with Gasteiger partial charge in [0.25, 0.3) is 11.8 Å². The molecular weight excluding hydrogens is 691 g/mol. The molecule has 1 aliphatic rings. The molecule has 2 N–H and O–H groups in total. The number of rotatable bonds is 12. The lowest BCUT2D eigenvalue weighted by molar-refractivity contribution is 0.0936. The zero-order valence-electron chi connectivity index (χ0n) is 28.8. The van der Waals surface area contributed by atoms with Crippen molar-refractivity contribution in [2.45, 2.75) is 12.8 Å². The van der Waals surface area contributed by atoms with Gasteiger partial charge in [-0.3, -0.25) is 9.59 Å². The van der Waals surface area contributed by atoms with E-state index in [0.29, 0.717) is 34.3 Å². The van der Waals surface area contributed by atoms with E-state index in [0.717, 1.165) is 96.4 Å². The van der Waals surface area contributed by atoms with Crippen molar-refractivity contribution in [3.63, 3.8) is 0 Å². The van der Waals surface area contributed by atoms with Crippen molar-refractivity contribution in [2.24, 2.45) is 0 Å². The second-order valence-electron chi connectivity index (χ2n) is 13.1. The van der Waals surface area contributed by atoms with E-state index in [4.69, 9.17) is 33.2 Å². The third kappa shape index (κ3) is 8.60. The van der Waals surface area contributed by atoms with Gasteiger partial charge < -0.3 is 20.4 Å². The zero-order chi connectivity index (χ0) is 35.9. The molecule has 0 bridgehead atoms. The van der Waals surface area contributed by atoms with E-state index in [2.05, 4.69) is 20.4 Å². The first-order valence-corrected chi connectivity index (χ1v) is 18.5. The zero-order valence-corrected chi connectivity index (χ0v) is 30.3. The summed E-state index contributed by atoms with van der Waals surface area (Å²) in [5.74, 6) is -0.185. The summed E-state index contributed by atoms with van der Waals surface area (Å²) in [6.45, 7) is 6.97. The fourth-order valence-electron chi connectivity index (χ4n) is 6.70. The number of carbonyl (C=O) groups is 2. The highest BCUT2D eigenvalue weighted by Crippen LogP contribution is 2.27. The number of para-hydroxylation sites is 2. The Kier molecular flexibility index (Phi) is 11.4. The molecule has 1 saturated heterocycles. The molecule has 0 spiro atoms. The van der Waals surface area contributed by atoms with Gasteiger partial charge in [-0.1, -0.05) is 83.9 Å². The van der Waals surface area contributed by atoms with Crippen molar-refractivity contribution in [1.29, 1.82) is 0 Å². The van der Waals surface area contributed by atoms with E-state index in [-0.39, 0.29) is 11.8 Å². The number of benzene rings is 4. The van der Waals surface area contributed by atoms with Crippen molar-refractivity contribution in [1.82, 2.24) is 30.4 Å². The maximum Gasteiger partial charge on any atom is 0.252 e. The summed E-state index contributed by atoms with van der Waals surface area (Å²) in [4.78, 5) is 41.2. The van der Waals surface area contributed by atoms with Gasteiger partial charge in [-0.05, 0) is 74.5 Å². The SMILES string of the molecule is O=C(NCCCN1CCN(CCCNC(=O)c2cc(-c3ccc(Cl)cc3)nc3ccccc23)CC1)c1cc(-c2ccc(Cl)cc2)nc2ccccc12. The lowest BCUT2D eigenvalue weighted by atomic mass is 10.0. The highest BCUT2D eigenvalue weighted by molar-refractivity contribution is 6.31. The van der Waals surface area contributed by atoms with E-state index in [1.807, 2.05) is 109 Å². The van der Waals surface area contributed by atoms with Gasteiger partial charge in [0.05, 0.1) is 33.5 Å². The number of nitrogens with zero attached hydrogens (tertiary/aromatic N) is 4. The second-order valence-corrected chi connectivity index (χ2v) is 13.9. The number of aromatic nitrogens is 2. The third-order valence-electron chi connectivity index (χ3n) is 9.54.